The molecule has 0 spiro atoms. The first kappa shape index (κ1) is 9.89. The number of hydrogen-bond acceptors (Lipinski definition) is 3. The molecule has 0 saturated carbocycles. The zero-order valence-electron chi connectivity index (χ0n) is 8.89. The molecule has 5 heteroatoms. The van der Waals surface area contributed by atoms with Crippen LogP contribution in [0.5, 0.6) is 0 Å². The molecule has 84 valence electrons. The molecule has 0 saturated heterocycles. The van der Waals surface area contributed by atoms with Crippen molar-refractivity contribution in [2.24, 2.45) is 0 Å². The van der Waals surface area contributed by atoms with Gasteiger partial charge >= 0.3 is 0 Å². The van der Waals surface area contributed by atoms with E-state index in [4.69, 9.17) is 0 Å². The Morgan fingerprint density at radius 1 is 1.29 bits per heavy atom. The lowest BCUT2D eigenvalue weighted by Crippen LogP contribution is -1.91. The maximum absolute atomic E-state index is 13.0. The van der Waals surface area contributed by atoms with Gasteiger partial charge in [0.15, 0.2) is 5.65 Å². The van der Waals surface area contributed by atoms with Gasteiger partial charge in [0, 0.05) is 6.42 Å². The number of fused-ring (bicyclic) bond motifs is 1. The molecule has 0 radical (unpaired) electrons. The SMILES string of the molecule is Fc1cccc(Cc2nc3ncncc3[nH]2)c1. The zero-order chi connectivity index (χ0) is 11.7. The molecule has 0 fully saturated rings. The highest BCUT2D eigenvalue weighted by molar-refractivity contribution is 5.68. The van der Waals surface area contributed by atoms with Crippen molar-refractivity contribution in [2.75, 3.05) is 0 Å². The van der Waals surface area contributed by atoms with Crippen LogP contribution in [0.1, 0.15) is 11.4 Å². The summed E-state index contributed by atoms with van der Waals surface area (Å²) in [5, 5.41) is 0. The maximum Gasteiger partial charge on any atom is 0.180 e. The van der Waals surface area contributed by atoms with Crippen LogP contribution in [0, 0.1) is 5.82 Å². The number of hydrogen-bond donors (Lipinski definition) is 1. The van der Waals surface area contributed by atoms with E-state index in [0.29, 0.717) is 12.1 Å². The number of nitrogens with one attached hydrogen (secondary N) is 1. The Bertz CT molecular complexity index is 629. The molecule has 4 nitrogen and oxygen atoms in total. The minimum Gasteiger partial charge on any atom is -0.339 e. The molecule has 0 amide bonds. The summed E-state index contributed by atoms with van der Waals surface area (Å²) in [6.45, 7) is 0. The van der Waals surface area contributed by atoms with Gasteiger partial charge in [0.1, 0.15) is 23.5 Å². The molecule has 0 atom stereocenters. The van der Waals surface area contributed by atoms with Gasteiger partial charge in [-0.15, -0.1) is 0 Å². The molecule has 2 heterocycles. The molecular weight excluding hydrogens is 219 g/mol. The number of benzene rings is 1. The van der Waals surface area contributed by atoms with Crippen molar-refractivity contribution < 1.29 is 4.39 Å². The second kappa shape index (κ2) is 3.93. The number of nitrogens with zero attached hydrogens (tertiary/aromatic N) is 3. The first-order chi connectivity index (χ1) is 8.31. The second-order valence-corrected chi connectivity index (χ2v) is 3.75. The third-order valence-electron chi connectivity index (χ3n) is 2.47. The number of rotatable bonds is 2. The Kier molecular flexibility index (Phi) is 2.29. The van der Waals surface area contributed by atoms with Gasteiger partial charge in [-0.05, 0) is 17.7 Å². The molecule has 3 rings (SSSR count). The van der Waals surface area contributed by atoms with Crippen LogP contribution < -0.4 is 0 Å². The van der Waals surface area contributed by atoms with Crippen molar-refractivity contribution in [3.8, 4) is 0 Å². The molecule has 0 aliphatic carbocycles. The van der Waals surface area contributed by atoms with Crippen LogP contribution in [-0.2, 0) is 6.42 Å². The largest absolute Gasteiger partial charge is 0.339 e. The van der Waals surface area contributed by atoms with Gasteiger partial charge in [0.2, 0.25) is 0 Å². The van der Waals surface area contributed by atoms with Crippen LogP contribution >= 0.6 is 0 Å². The Morgan fingerprint density at radius 2 is 2.24 bits per heavy atom. The van der Waals surface area contributed by atoms with E-state index in [9.17, 15) is 4.39 Å². The normalized spacial score (nSPS) is 10.9. The van der Waals surface area contributed by atoms with Gasteiger partial charge < -0.3 is 4.98 Å². The number of H-pyrrole nitrogens is 1. The monoisotopic (exact) mass is 228 g/mol. The highest BCUT2D eigenvalue weighted by Crippen LogP contribution is 2.11. The zero-order valence-corrected chi connectivity index (χ0v) is 8.89. The predicted molar refractivity (Wildman–Crippen MR) is 60.9 cm³/mol. The van der Waals surface area contributed by atoms with Crippen molar-refractivity contribution in [1.29, 1.82) is 0 Å². The van der Waals surface area contributed by atoms with Crippen molar-refractivity contribution >= 4 is 11.2 Å². The van der Waals surface area contributed by atoms with Crippen molar-refractivity contribution in [3.63, 3.8) is 0 Å². The van der Waals surface area contributed by atoms with Crippen molar-refractivity contribution in [1.82, 2.24) is 19.9 Å². The Morgan fingerprint density at radius 3 is 3.06 bits per heavy atom. The minimum atomic E-state index is -0.238. The van der Waals surface area contributed by atoms with E-state index in [1.54, 1.807) is 12.3 Å². The molecule has 0 aliphatic rings. The van der Waals surface area contributed by atoms with Crippen molar-refractivity contribution in [3.05, 3.63) is 54.0 Å². The van der Waals surface area contributed by atoms with Gasteiger partial charge in [-0.25, -0.2) is 19.3 Å². The van der Waals surface area contributed by atoms with Gasteiger partial charge in [-0.1, -0.05) is 12.1 Å². The van der Waals surface area contributed by atoms with Gasteiger partial charge in [-0.2, -0.15) is 0 Å². The van der Waals surface area contributed by atoms with E-state index in [1.807, 2.05) is 6.07 Å². The molecule has 0 bridgehead atoms. The van der Waals surface area contributed by atoms with E-state index >= 15 is 0 Å². The lowest BCUT2D eigenvalue weighted by molar-refractivity contribution is 0.626. The van der Waals surface area contributed by atoms with Crippen LogP contribution in [0.15, 0.2) is 36.8 Å². The summed E-state index contributed by atoms with van der Waals surface area (Å²) >= 11 is 0. The molecule has 0 unspecified atom stereocenters. The van der Waals surface area contributed by atoms with Crippen LogP contribution in [0.4, 0.5) is 4.39 Å². The minimum absolute atomic E-state index is 0.238. The fraction of sp³-hybridized carbons (Fsp3) is 0.0833. The fourth-order valence-corrected chi connectivity index (χ4v) is 1.74. The van der Waals surface area contributed by atoms with E-state index < -0.39 is 0 Å². The molecule has 17 heavy (non-hydrogen) atoms. The first-order valence-corrected chi connectivity index (χ1v) is 5.20. The standard InChI is InChI=1S/C12H9FN4/c13-9-3-1-2-8(4-9)5-11-16-10-6-14-7-15-12(10)17-11/h1-4,6-7H,5H2,(H,14,15,16,17). The summed E-state index contributed by atoms with van der Waals surface area (Å²) in [4.78, 5) is 15.4. The maximum atomic E-state index is 13.0. The first-order valence-electron chi connectivity index (χ1n) is 5.20. The lowest BCUT2D eigenvalue weighted by atomic mass is 10.1. The van der Waals surface area contributed by atoms with Crippen LogP contribution in [0.3, 0.4) is 0 Å². The van der Waals surface area contributed by atoms with Gasteiger partial charge in [-0.3, -0.25) is 0 Å². The third-order valence-corrected chi connectivity index (χ3v) is 2.47. The van der Waals surface area contributed by atoms with Crippen molar-refractivity contribution in [2.45, 2.75) is 6.42 Å². The van der Waals surface area contributed by atoms with Gasteiger partial charge in [0.05, 0.1) is 6.20 Å². The Balaban J connectivity index is 1.94. The summed E-state index contributed by atoms with van der Waals surface area (Å²) in [6, 6.07) is 6.47. The van der Waals surface area contributed by atoms with E-state index in [2.05, 4.69) is 19.9 Å². The topological polar surface area (TPSA) is 54.5 Å². The lowest BCUT2D eigenvalue weighted by Gasteiger charge is -1.97. The smallest absolute Gasteiger partial charge is 0.180 e. The summed E-state index contributed by atoms with van der Waals surface area (Å²) < 4.78 is 13.0. The summed E-state index contributed by atoms with van der Waals surface area (Å²) in [7, 11) is 0. The Hall–Kier alpha value is -2.30. The summed E-state index contributed by atoms with van der Waals surface area (Å²) in [5.74, 6) is 0.518. The molecular formula is C12H9FN4. The van der Waals surface area contributed by atoms with E-state index in [0.717, 1.165) is 16.9 Å². The highest BCUT2D eigenvalue weighted by Gasteiger charge is 2.04. The van der Waals surface area contributed by atoms with Crippen LogP contribution in [-0.4, -0.2) is 19.9 Å². The Labute approximate surface area is 96.6 Å². The van der Waals surface area contributed by atoms with Gasteiger partial charge in [0.25, 0.3) is 0 Å². The fourth-order valence-electron chi connectivity index (χ4n) is 1.74. The number of imidazole rings is 1. The third kappa shape index (κ3) is 1.99. The second-order valence-electron chi connectivity index (χ2n) is 3.75. The van der Waals surface area contributed by atoms with Crippen LogP contribution in [0.2, 0.25) is 0 Å². The molecule has 0 aliphatic heterocycles. The number of aromatic amines is 1. The van der Waals surface area contributed by atoms with Crippen LogP contribution in [0.25, 0.3) is 11.2 Å². The summed E-state index contributed by atoms with van der Waals surface area (Å²) in [6.07, 6.45) is 3.67. The molecule has 1 aromatic carbocycles. The summed E-state index contributed by atoms with van der Waals surface area (Å²) in [5.41, 5.74) is 2.29. The molecule has 2 aromatic heterocycles. The number of aromatic nitrogens is 4. The molecule has 1 N–H and O–H groups in total. The van der Waals surface area contributed by atoms with E-state index in [-0.39, 0.29) is 5.82 Å². The molecule has 3 aromatic rings. The quantitative estimate of drug-likeness (QED) is 0.730. The highest BCUT2D eigenvalue weighted by atomic mass is 19.1. The average molecular weight is 228 g/mol. The average Bonchev–Trinajstić information content (AvgIpc) is 2.71. The predicted octanol–water partition coefficient (Wildman–Crippen LogP) is 2.08. The number of halogens is 1. The van der Waals surface area contributed by atoms with E-state index in [1.165, 1.54) is 18.5 Å².